The summed E-state index contributed by atoms with van der Waals surface area (Å²) in [6.07, 6.45) is 1.61. The summed E-state index contributed by atoms with van der Waals surface area (Å²) in [4.78, 5) is 14.6. The van der Waals surface area contributed by atoms with Crippen molar-refractivity contribution in [1.82, 2.24) is 19.7 Å². The number of urea groups is 1. The second-order valence-corrected chi connectivity index (χ2v) is 8.58. The Balaban J connectivity index is 1.56. The first-order chi connectivity index (χ1) is 14.4. The van der Waals surface area contributed by atoms with Crippen LogP contribution in [-0.4, -0.2) is 32.2 Å². The molecule has 30 heavy (non-hydrogen) atoms. The molecule has 1 saturated heterocycles. The fourth-order valence-electron chi connectivity index (χ4n) is 3.67. The first-order valence-corrected chi connectivity index (χ1v) is 10.8. The Labute approximate surface area is 187 Å². The van der Waals surface area contributed by atoms with Gasteiger partial charge < -0.3 is 14.8 Å². The normalized spacial score (nSPS) is 16.1. The van der Waals surface area contributed by atoms with Gasteiger partial charge in [-0.05, 0) is 55.7 Å². The molecule has 2 amide bonds. The number of carbonyl (C=O) groups excluding carboxylic acids is 1. The van der Waals surface area contributed by atoms with E-state index in [9.17, 15) is 9.18 Å². The largest absolute Gasteiger partial charge is 0.322 e. The van der Waals surface area contributed by atoms with Crippen LogP contribution in [0.3, 0.4) is 0 Å². The molecule has 1 N–H and O–H groups in total. The van der Waals surface area contributed by atoms with Crippen LogP contribution in [0.5, 0.6) is 0 Å². The van der Waals surface area contributed by atoms with Gasteiger partial charge in [-0.1, -0.05) is 39.7 Å². The topological polar surface area (TPSA) is 63.1 Å². The van der Waals surface area contributed by atoms with Crippen LogP contribution < -0.4 is 5.32 Å². The average molecular weight is 493 g/mol. The SMILES string of the molecule is Cc1nnc([C@H]2CCCN2C(=O)Nc2ccc(Cl)cc2F)n1Cc1ccc(Br)cc1. The summed E-state index contributed by atoms with van der Waals surface area (Å²) in [5.74, 6) is 0.949. The number of nitrogens with zero attached hydrogens (tertiary/aromatic N) is 4. The number of likely N-dealkylation sites (tertiary alicyclic amines) is 1. The third kappa shape index (κ3) is 4.34. The van der Waals surface area contributed by atoms with Crippen molar-refractivity contribution in [3.63, 3.8) is 0 Å². The van der Waals surface area contributed by atoms with Crippen LogP contribution in [0.2, 0.25) is 5.02 Å². The van der Waals surface area contributed by atoms with Gasteiger partial charge in [-0.25, -0.2) is 9.18 Å². The lowest BCUT2D eigenvalue weighted by Gasteiger charge is -2.25. The number of hydrogen-bond donors (Lipinski definition) is 1. The van der Waals surface area contributed by atoms with Crippen molar-refractivity contribution in [2.75, 3.05) is 11.9 Å². The zero-order valence-corrected chi connectivity index (χ0v) is 18.6. The van der Waals surface area contributed by atoms with E-state index in [-0.39, 0.29) is 22.8 Å². The minimum absolute atomic E-state index is 0.0996. The minimum atomic E-state index is -0.569. The molecule has 0 saturated carbocycles. The predicted molar refractivity (Wildman–Crippen MR) is 117 cm³/mol. The monoisotopic (exact) mass is 491 g/mol. The van der Waals surface area contributed by atoms with E-state index in [2.05, 4.69) is 31.4 Å². The van der Waals surface area contributed by atoms with Crippen LogP contribution in [-0.2, 0) is 6.54 Å². The molecule has 2 heterocycles. The molecule has 0 radical (unpaired) electrons. The van der Waals surface area contributed by atoms with Gasteiger partial charge in [0.25, 0.3) is 0 Å². The average Bonchev–Trinajstić information content (AvgIpc) is 3.33. The molecule has 156 valence electrons. The summed E-state index contributed by atoms with van der Waals surface area (Å²) >= 11 is 9.24. The number of aryl methyl sites for hydroxylation is 1. The Bertz CT molecular complexity index is 1070. The number of benzene rings is 2. The lowest BCUT2D eigenvalue weighted by Crippen LogP contribution is -2.36. The lowest BCUT2D eigenvalue weighted by atomic mass is 10.2. The van der Waals surface area contributed by atoms with Crippen LogP contribution in [0.1, 0.15) is 36.1 Å². The van der Waals surface area contributed by atoms with E-state index in [1.165, 1.54) is 12.1 Å². The maximum Gasteiger partial charge on any atom is 0.322 e. The molecule has 9 heteroatoms. The smallest absolute Gasteiger partial charge is 0.314 e. The van der Waals surface area contributed by atoms with Crippen LogP contribution in [0.4, 0.5) is 14.9 Å². The maximum absolute atomic E-state index is 14.1. The molecule has 1 aliphatic rings. The molecule has 1 atom stereocenters. The number of rotatable bonds is 4. The van der Waals surface area contributed by atoms with Gasteiger partial charge in [-0.3, -0.25) is 0 Å². The summed E-state index contributed by atoms with van der Waals surface area (Å²) in [6.45, 7) is 3.08. The number of hydrogen-bond acceptors (Lipinski definition) is 3. The molecule has 1 aromatic heterocycles. The Morgan fingerprint density at radius 2 is 2.03 bits per heavy atom. The number of nitrogens with one attached hydrogen (secondary N) is 1. The van der Waals surface area contributed by atoms with E-state index in [0.717, 1.165) is 34.5 Å². The van der Waals surface area contributed by atoms with Gasteiger partial charge in [0.2, 0.25) is 0 Å². The molecule has 0 unspecified atom stereocenters. The number of aromatic nitrogens is 3. The fraction of sp³-hybridized carbons (Fsp3) is 0.286. The summed E-state index contributed by atoms with van der Waals surface area (Å²) in [5, 5.41) is 11.5. The standard InChI is InChI=1S/C21H20BrClFN5O/c1-13-26-27-20(29(13)12-14-4-6-15(22)7-5-14)19-3-2-10-28(19)21(30)25-18-9-8-16(23)11-17(18)24/h4-9,11,19H,2-3,10,12H2,1H3,(H,25,30)/t19-/m1/s1. The summed E-state index contributed by atoms with van der Waals surface area (Å²) < 4.78 is 17.2. The molecular weight excluding hydrogens is 473 g/mol. The summed E-state index contributed by atoms with van der Waals surface area (Å²) in [6, 6.07) is 11.6. The van der Waals surface area contributed by atoms with E-state index in [4.69, 9.17) is 11.6 Å². The van der Waals surface area contributed by atoms with Gasteiger partial charge in [0.05, 0.1) is 18.3 Å². The highest BCUT2D eigenvalue weighted by atomic mass is 79.9. The van der Waals surface area contributed by atoms with E-state index < -0.39 is 5.82 Å². The molecule has 0 bridgehead atoms. The highest BCUT2D eigenvalue weighted by molar-refractivity contribution is 9.10. The summed E-state index contributed by atoms with van der Waals surface area (Å²) in [7, 11) is 0. The van der Waals surface area contributed by atoms with Crippen LogP contribution in [0.15, 0.2) is 46.9 Å². The van der Waals surface area contributed by atoms with Gasteiger partial charge >= 0.3 is 6.03 Å². The zero-order chi connectivity index (χ0) is 21.3. The third-order valence-corrected chi connectivity index (χ3v) is 5.97. The number of halogens is 3. The lowest BCUT2D eigenvalue weighted by molar-refractivity contribution is 0.203. The van der Waals surface area contributed by atoms with Crippen molar-refractivity contribution in [3.8, 4) is 0 Å². The molecule has 1 fully saturated rings. The maximum atomic E-state index is 14.1. The van der Waals surface area contributed by atoms with E-state index >= 15 is 0 Å². The van der Waals surface area contributed by atoms with E-state index in [1.54, 1.807) is 11.0 Å². The fourth-order valence-corrected chi connectivity index (χ4v) is 4.09. The Hall–Kier alpha value is -2.45. The first kappa shape index (κ1) is 20.8. The first-order valence-electron chi connectivity index (χ1n) is 9.59. The van der Waals surface area contributed by atoms with Crippen molar-refractivity contribution in [1.29, 1.82) is 0 Å². The van der Waals surface area contributed by atoms with Gasteiger partial charge in [-0.15, -0.1) is 10.2 Å². The number of amides is 2. The Morgan fingerprint density at radius 3 is 2.77 bits per heavy atom. The molecule has 2 aromatic carbocycles. The van der Waals surface area contributed by atoms with Crippen LogP contribution in [0.25, 0.3) is 0 Å². The number of anilines is 1. The Morgan fingerprint density at radius 1 is 1.27 bits per heavy atom. The molecule has 0 aliphatic carbocycles. The molecule has 1 aliphatic heterocycles. The highest BCUT2D eigenvalue weighted by Gasteiger charge is 2.34. The molecule has 3 aromatic rings. The molecule has 0 spiro atoms. The van der Waals surface area contributed by atoms with Crippen molar-refractivity contribution in [3.05, 3.63) is 75.0 Å². The minimum Gasteiger partial charge on any atom is -0.314 e. The van der Waals surface area contributed by atoms with Gasteiger partial charge in [0, 0.05) is 16.0 Å². The molecule has 6 nitrogen and oxygen atoms in total. The summed E-state index contributed by atoms with van der Waals surface area (Å²) in [5.41, 5.74) is 1.21. The van der Waals surface area contributed by atoms with Gasteiger partial charge in [-0.2, -0.15) is 0 Å². The second-order valence-electron chi connectivity index (χ2n) is 7.22. The predicted octanol–water partition coefficient (Wildman–Crippen LogP) is 5.56. The van der Waals surface area contributed by atoms with Crippen molar-refractivity contribution in [2.45, 2.75) is 32.4 Å². The molecule has 4 rings (SSSR count). The van der Waals surface area contributed by atoms with Gasteiger partial charge in [0.15, 0.2) is 5.82 Å². The third-order valence-electron chi connectivity index (χ3n) is 5.20. The molecular formula is C21H20BrClFN5O. The zero-order valence-electron chi connectivity index (χ0n) is 16.3. The second kappa shape index (κ2) is 8.73. The highest BCUT2D eigenvalue weighted by Crippen LogP contribution is 2.32. The van der Waals surface area contributed by atoms with E-state index in [1.807, 2.05) is 35.8 Å². The van der Waals surface area contributed by atoms with E-state index in [0.29, 0.717) is 13.1 Å². The van der Waals surface area contributed by atoms with Crippen molar-refractivity contribution < 1.29 is 9.18 Å². The van der Waals surface area contributed by atoms with Crippen LogP contribution in [0, 0.1) is 12.7 Å². The van der Waals surface area contributed by atoms with Crippen LogP contribution >= 0.6 is 27.5 Å². The van der Waals surface area contributed by atoms with Crippen molar-refractivity contribution >= 4 is 39.2 Å². The number of carbonyl (C=O) groups is 1. The Kier molecular flexibility index (Phi) is 6.06. The van der Waals surface area contributed by atoms with Crippen molar-refractivity contribution in [2.24, 2.45) is 0 Å². The quantitative estimate of drug-likeness (QED) is 0.519. The van der Waals surface area contributed by atoms with Gasteiger partial charge in [0.1, 0.15) is 11.6 Å².